The Morgan fingerprint density at radius 2 is 0.612 bits per heavy atom. The molecule has 0 bridgehead atoms. The van der Waals surface area contributed by atoms with Gasteiger partial charge in [0.2, 0.25) is 0 Å². The number of rotatable bonds is 5. The Labute approximate surface area is 386 Å². The van der Waals surface area contributed by atoms with E-state index in [-0.39, 0.29) is 0 Å². The lowest BCUT2D eigenvalue weighted by Crippen LogP contribution is -1.98. The van der Waals surface area contributed by atoms with Crippen LogP contribution in [0.25, 0.3) is 137 Å². The predicted molar refractivity (Wildman–Crippen MR) is 283 cm³/mol. The molecule has 14 rings (SSSR count). The van der Waals surface area contributed by atoms with E-state index in [0.717, 1.165) is 44.5 Å². The summed E-state index contributed by atoms with van der Waals surface area (Å²) in [6.45, 7) is 0. The average molecular weight is 850 g/mol. The molecule has 14 aromatic rings. The molecule has 0 aliphatic rings. The standard InChI is InChI=1S/C64H39N3/c1-2-16-45-39-46(38-29-40(45)15-1)62-53-23-9-7-21-51(53)60(52-22-8-10-24-54(52)62)42-32-30-41(31-33-42)59-47-17-3-5-19-49(47)61(50-20-6-4-18-48(50)59)43-34-36-44(37-35-43)63-65-56-26-12-11-25-55(56)64-66-57-27-13-14-28-58(57)67(63)64/h1-39H. The maximum atomic E-state index is 5.25. The van der Waals surface area contributed by atoms with E-state index in [9.17, 15) is 0 Å². The van der Waals surface area contributed by atoms with Gasteiger partial charge in [-0.05, 0) is 129 Å². The van der Waals surface area contributed by atoms with Crippen LogP contribution in [0.1, 0.15) is 0 Å². The molecule has 0 saturated carbocycles. The number of fused-ring (bicyclic) bond motifs is 10. The topological polar surface area (TPSA) is 30.2 Å². The van der Waals surface area contributed by atoms with E-state index in [2.05, 4.69) is 229 Å². The molecule has 0 N–H and O–H groups in total. The molecule has 0 spiro atoms. The summed E-state index contributed by atoms with van der Waals surface area (Å²) in [5.74, 6) is 0.879. The molecule has 12 aromatic carbocycles. The highest BCUT2D eigenvalue weighted by Gasteiger charge is 2.21. The summed E-state index contributed by atoms with van der Waals surface area (Å²) < 4.78 is 2.21. The van der Waals surface area contributed by atoms with Crippen molar-refractivity contribution in [3.05, 3.63) is 237 Å². The molecule has 2 aromatic heterocycles. The van der Waals surface area contributed by atoms with Gasteiger partial charge in [0, 0.05) is 10.9 Å². The summed E-state index contributed by atoms with van der Waals surface area (Å²) in [4.78, 5) is 10.3. The zero-order valence-corrected chi connectivity index (χ0v) is 36.4. The maximum Gasteiger partial charge on any atom is 0.149 e. The van der Waals surface area contributed by atoms with Crippen LogP contribution in [0.5, 0.6) is 0 Å². The molecule has 67 heavy (non-hydrogen) atoms. The van der Waals surface area contributed by atoms with Crippen LogP contribution in [-0.2, 0) is 0 Å². The Morgan fingerprint density at radius 1 is 0.254 bits per heavy atom. The van der Waals surface area contributed by atoms with Crippen LogP contribution >= 0.6 is 0 Å². The summed E-state index contributed by atoms with van der Waals surface area (Å²) in [5, 5.41) is 13.5. The highest BCUT2D eigenvalue weighted by molar-refractivity contribution is 6.23. The van der Waals surface area contributed by atoms with Crippen LogP contribution in [0, 0.1) is 0 Å². The number of imidazole rings is 1. The van der Waals surface area contributed by atoms with Gasteiger partial charge >= 0.3 is 0 Å². The van der Waals surface area contributed by atoms with Crippen molar-refractivity contribution >= 4 is 81.4 Å². The second-order valence-electron chi connectivity index (χ2n) is 17.6. The lowest BCUT2D eigenvalue weighted by molar-refractivity contribution is 1.16. The van der Waals surface area contributed by atoms with Crippen molar-refractivity contribution in [3.8, 4) is 55.9 Å². The quantitative estimate of drug-likeness (QED) is 0.162. The monoisotopic (exact) mass is 849 g/mol. The molecule has 0 atom stereocenters. The van der Waals surface area contributed by atoms with Crippen molar-refractivity contribution in [3.63, 3.8) is 0 Å². The van der Waals surface area contributed by atoms with Crippen LogP contribution in [0.2, 0.25) is 0 Å². The van der Waals surface area contributed by atoms with Gasteiger partial charge in [0.1, 0.15) is 11.5 Å². The van der Waals surface area contributed by atoms with Crippen LogP contribution in [0.15, 0.2) is 237 Å². The number of hydrogen-bond acceptors (Lipinski definition) is 2. The van der Waals surface area contributed by atoms with Gasteiger partial charge < -0.3 is 0 Å². The first-order valence-electron chi connectivity index (χ1n) is 23.0. The van der Waals surface area contributed by atoms with Crippen LogP contribution in [0.4, 0.5) is 0 Å². The fraction of sp³-hybridized carbons (Fsp3) is 0. The minimum Gasteiger partial charge on any atom is -0.276 e. The van der Waals surface area contributed by atoms with E-state index < -0.39 is 0 Å². The van der Waals surface area contributed by atoms with Crippen LogP contribution < -0.4 is 0 Å². The molecule has 0 unspecified atom stereocenters. The van der Waals surface area contributed by atoms with E-state index in [0.29, 0.717) is 0 Å². The molecule has 2 heterocycles. The second-order valence-corrected chi connectivity index (χ2v) is 17.6. The van der Waals surface area contributed by atoms with Gasteiger partial charge in [-0.1, -0.05) is 206 Å². The summed E-state index contributed by atoms with van der Waals surface area (Å²) in [6.07, 6.45) is 0. The Morgan fingerprint density at radius 3 is 1.10 bits per heavy atom. The van der Waals surface area contributed by atoms with Crippen molar-refractivity contribution in [2.45, 2.75) is 0 Å². The minimum atomic E-state index is 0.879. The maximum absolute atomic E-state index is 5.25. The SMILES string of the molecule is c1ccc2cc(-c3c4ccccc4c(-c4ccc(-c5c6ccccc6c(-c6ccc(-c7nc8ccccc8c8nc9ccccc9n78)cc6)c6ccccc56)cc4)c4ccccc34)ccc2c1. The number of benzene rings is 12. The largest absolute Gasteiger partial charge is 0.276 e. The highest BCUT2D eigenvalue weighted by atomic mass is 15.1. The van der Waals surface area contributed by atoms with Crippen LogP contribution in [0.3, 0.4) is 0 Å². The molecule has 0 amide bonds. The number of hydrogen-bond donors (Lipinski definition) is 0. The zero-order valence-electron chi connectivity index (χ0n) is 36.4. The first-order valence-corrected chi connectivity index (χ1v) is 23.0. The third-order valence-corrected chi connectivity index (χ3v) is 13.9. The van der Waals surface area contributed by atoms with Gasteiger partial charge in [-0.2, -0.15) is 0 Å². The molecular weight excluding hydrogens is 811 g/mol. The lowest BCUT2D eigenvalue weighted by atomic mass is 9.84. The molecule has 0 saturated heterocycles. The van der Waals surface area contributed by atoms with Crippen LogP contribution in [-0.4, -0.2) is 14.4 Å². The van der Waals surface area contributed by atoms with Gasteiger partial charge in [0.05, 0.1) is 16.6 Å². The third-order valence-electron chi connectivity index (χ3n) is 13.9. The lowest BCUT2D eigenvalue weighted by Gasteiger charge is -2.19. The molecule has 0 aliphatic carbocycles. The van der Waals surface area contributed by atoms with Gasteiger partial charge in [-0.3, -0.25) is 4.40 Å². The third kappa shape index (κ3) is 5.78. The molecule has 310 valence electrons. The van der Waals surface area contributed by atoms with E-state index in [1.165, 1.54) is 92.8 Å². The van der Waals surface area contributed by atoms with Crippen molar-refractivity contribution in [2.75, 3.05) is 0 Å². The fourth-order valence-corrected chi connectivity index (χ4v) is 11.0. The first kappa shape index (κ1) is 37.5. The Hall–Kier alpha value is -8.92. The summed E-state index contributed by atoms with van der Waals surface area (Å²) in [6, 6.07) is 86.1. The van der Waals surface area contributed by atoms with Gasteiger partial charge in [-0.25, -0.2) is 9.97 Å². The fourth-order valence-electron chi connectivity index (χ4n) is 11.0. The Balaban J connectivity index is 0.908. The minimum absolute atomic E-state index is 0.879. The Kier molecular flexibility index (Phi) is 8.28. The number of aromatic nitrogens is 3. The van der Waals surface area contributed by atoms with Gasteiger partial charge in [-0.15, -0.1) is 0 Å². The van der Waals surface area contributed by atoms with E-state index in [4.69, 9.17) is 9.97 Å². The van der Waals surface area contributed by atoms with E-state index >= 15 is 0 Å². The van der Waals surface area contributed by atoms with Gasteiger partial charge in [0.15, 0.2) is 0 Å². The van der Waals surface area contributed by atoms with Gasteiger partial charge in [0.25, 0.3) is 0 Å². The summed E-state index contributed by atoms with van der Waals surface area (Å²) >= 11 is 0. The summed E-state index contributed by atoms with van der Waals surface area (Å²) in [7, 11) is 0. The number of para-hydroxylation sites is 3. The Bertz CT molecular complexity index is 4200. The smallest absolute Gasteiger partial charge is 0.149 e. The normalized spacial score (nSPS) is 11.9. The molecule has 0 aliphatic heterocycles. The van der Waals surface area contributed by atoms with E-state index in [1.54, 1.807) is 0 Å². The van der Waals surface area contributed by atoms with Crippen molar-refractivity contribution in [1.82, 2.24) is 14.4 Å². The van der Waals surface area contributed by atoms with Crippen molar-refractivity contribution in [2.24, 2.45) is 0 Å². The van der Waals surface area contributed by atoms with E-state index in [1.807, 2.05) is 12.1 Å². The zero-order chi connectivity index (χ0) is 44.0. The predicted octanol–water partition coefficient (Wildman–Crippen LogP) is 17.1. The van der Waals surface area contributed by atoms with Crippen molar-refractivity contribution in [1.29, 1.82) is 0 Å². The molecule has 3 heteroatoms. The first-order chi connectivity index (χ1) is 33.2. The molecule has 3 nitrogen and oxygen atoms in total. The molecular formula is C64H39N3. The summed E-state index contributed by atoms with van der Waals surface area (Å²) in [5.41, 5.74) is 14.7. The molecule has 0 fully saturated rings. The molecule has 0 radical (unpaired) electrons. The second kappa shape index (κ2) is 14.8. The highest BCUT2D eigenvalue weighted by Crippen LogP contribution is 2.47. The average Bonchev–Trinajstić information content (AvgIpc) is 3.79. The van der Waals surface area contributed by atoms with Crippen molar-refractivity contribution < 1.29 is 0 Å². The number of nitrogens with zero attached hydrogens (tertiary/aromatic N) is 3.